The van der Waals surface area contributed by atoms with Crippen molar-refractivity contribution in [2.24, 2.45) is 5.92 Å². The summed E-state index contributed by atoms with van der Waals surface area (Å²) in [6.07, 6.45) is 0.919. The lowest BCUT2D eigenvalue weighted by Crippen LogP contribution is -2.64. The normalized spacial score (nSPS) is 25.2. The summed E-state index contributed by atoms with van der Waals surface area (Å²) in [5.41, 5.74) is 1.51. The molecule has 2 saturated heterocycles. The van der Waals surface area contributed by atoms with Crippen molar-refractivity contribution in [1.82, 2.24) is 15.5 Å². The van der Waals surface area contributed by atoms with Gasteiger partial charge in [-0.1, -0.05) is 48.0 Å². The number of benzene rings is 2. The van der Waals surface area contributed by atoms with Gasteiger partial charge in [0.15, 0.2) is 0 Å². The van der Waals surface area contributed by atoms with E-state index in [0.29, 0.717) is 16.3 Å². The van der Waals surface area contributed by atoms with Crippen LogP contribution >= 0.6 is 23.4 Å². The third kappa shape index (κ3) is 4.51. The van der Waals surface area contributed by atoms with Crippen LogP contribution in [0.4, 0.5) is 4.39 Å². The molecule has 0 aliphatic carbocycles. The van der Waals surface area contributed by atoms with E-state index in [2.05, 4.69) is 27.7 Å². The lowest BCUT2D eigenvalue weighted by molar-refractivity contribution is -0.130. The number of rotatable bonds is 5. The summed E-state index contributed by atoms with van der Waals surface area (Å²) in [4.78, 5) is 15.0. The van der Waals surface area contributed by atoms with Gasteiger partial charge in [-0.2, -0.15) is 0 Å². The van der Waals surface area contributed by atoms with Crippen molar-refractivity contribution in [3.05, 3.63) is 70.5 Å². The van der Waals surface area contributed by atoms with Crippen LogP contribution in [0.25, 0.3) is 0 Å². The fraction of sp³-hybridized carbons (Fsp3) is 0.381. The molecule has 3 atom stereocenters. The van der Waals surface area contributed by atoms with Gasteiger partial charge in [0.25, 0.3) is 0 Å². The number of piperidine rings is 1. The van der Waals surface area contributed by atoms with Crippen LogP contribution in [-0.2, 0) is 17.1 Å². The fourth-order valence-corrected chi connectivity index (χ4v) is 5.28. The Hall–Kier alpha value is -1.60. The molecule has 4 nitrogen and oxygen atoms in total. The number of hydrogen-bond acceptors (Lipinski definition) is 4. The van der Waals surface area contributed by atoms with Gasteiger partial charge in [0.2, 0.25) is 5.91 Å². The molecule has 7 heteroatoms. The zero-order chi connectivity index (χ0) is 19.5. The van der Waals surface area contributed by atoms with E-state index < -0.39 is 0 Å². The number of likely N-dealkylation sites (tertiary alicyclic amines) is 1. The van der Waals surface area contributed by atoms with E-state index in [4.69, 9.17) is 11.6 Å². The number of nitrogens with one attached hydrogen (secondary N) is 2. The second-order valence-corrected chi connectivity index (χ2v) is 8.79. The van der Waals surface area contributed by atoms with Crippen molar-refractivity contribution in [2.75, 3.05) is 13.1 Å². The van der Waals surface area contributed by atoms with E-state index in [-0.39, 0.29) is 29.2 Å². The topological polar surface area (TPSA) is 44.4 Å². The van der Waals surface area contributed by atoms with Gasteiger partial charge >= 0.3 is 0 Å². The monoisotopic (exact) mass is 419 g/mol. The lowest BCUT2D eigenvalue weighted by atomic mass is 9.89. The summed E-state index contributed by atoms with van der Waals surface area (Å²) < 4.78 is 14.0. The maximum atomic E-state index is 14.0. The number of hydrogen-bond donors (Lipinski definition) is 2. The van der Waals surface area contributed by atoms with Crippen molar-refractivity contribution >= 4 is 29.3 Å². The number of carbonyl (C=O) groups excluding carboxylic acids is 1. The zero-order valence-electron chi connectivity index (χ0n) is 15.4. The molecule has 2 aromatic rings. The Bertz CT molecular complexity index is 817. The van der Waals surface area contributed by atoms with Crippen LogP contribution in [0.15, 0.2) is 48.5 Å². The van der Waals surface area contributed by atoms with Crippen LogP contribution < -0.4 is 10.6 Å². The number of amides is 1. The smallest absolute Gasteiger partial charge is 0.227 e. The molecule has 2 aromatic carbocycles. The van der Waals surface area contributed by atoms with Crippen molar-refractivity contribution in [3.8, 4) is 0 Å². The Morgan fingerprint density at radius 3 is 2.79 bits per heavy atom. The zero-order valence-corrected chi connectivity index (χ0v) is 17.0. The third-order valence-corrected chi connectivity index (χ3v) is 6.77. The number of nitrogens with zero attached hydrogens (tertiary/aromatic N) is 1. The largest absolute Gasteiger partial charge is 0.331 e. The predicted molar refractivity (Wildman–Crippen MR) is 111 cm³/mol. The van der Waals surface area contributed by atoms with Crippen molar-refractivity contribution in [3.63, 3.8) is 0 Å². The Morgan fingerprint density at radius 2 is 2.00 bits per heavy atom. The minimum atomic E-state index is -0.311. The number of thioether (sulfide) groups is 1. The summed E-state index contributed by atoms with van der Waals surface area (Å²) in [6.45, 7) is 2.56. The number of carbonyl (C=O) groups is 1. The van der Waals surface area contributed by atoms with Gasteiger partial charge in [-0.05, 0) is 24.1 Å². The summed E-state index contributed by atoms with van der Waals surface area (Å²) >= 11 is 7.56. The van der Waals surface area contributed by atoms with Crippen LogP contribution in [0, 0.1) is 11.7 Å². The number of halogens is 2. The Labute approximate surface area is 173 Å². The molecule has 1 amide bonds. The standard InChI is InChI=1S/C21H23ClFN3OS/c22-17-7-4-8-18(23)16(17)13-28-21-24-19-9-10-26(12-15(19)20(27)25-21)11-14-5-2-1-3-6-14/h1-8,15,19,21,24H,9-13H2,(H,25,27). The first-order valence-corrected chi connectivity index (χ1v) is 10.9. The van der Waals surface area contributed by atoms with Gasteiger partial charge in [-0.3, -0.25) is 15.0 Å². The minimum absolute atomic E-state index is 0.0636. The van der Waals surface area contributed by atoms with Crippen molar-refractivity contribution in [1.29, 1.82) is 0 Å². The van der Waals surface area contributed by atoms with Gasteiger partial charge in [0.05, 0.1) is 5.92 Å². The molecule has 0 radical (unpaired) electrons. The molecule has 148 valence electrons. The average Bonchev–Trinajstić information content (AvgIpc) is 2.69. The molecular weight excluding hydrogens is 397 g/mol. The first kappa shape index (κ1) is 19.7. The van der Waals surface area contributed by atoms with Crippen LogP contribution in [0.1, 0.15) is 17.5 Å². The molecular formula is C21H23ClFN3OS. The molecule has 0 bridgehead atoms. The van der Waals surface area contributed by atoms with Crippen LogP contribution in [0.2, 0.25) is 5.02 Å². The predicted octanol–water partition coefficient (Wildman–Crippen LogP) is 3.61. The van der Waals surface area contributed by atoms with Crippen molar-refractivity contribution < 1.29 is 9.18 Å². The first-order valence-electron chi connectivity index (χ1n) is 9.47. The van der Waals surface area contributed by atoms with E-state index in [1.165, 1.54) is 23.4 Å². The van der Waals surface area contributed by atoms with Crippen molar-refractivity contribution in [2.45, 2.75) is 30.3 Å². The summed E-state index contributed by atoms with van der Waals surface area (Å²) in [6, 6.07) is 15.2. The maximum Gasteiger partial charge on any atom is 0.227 e. The van der Waals surface area contributed by atoms with Gasteiger partial charge in [0.1, 0.15) is 11.3 Å². The molecule has 0 spiro atoms. The highest BCUT2D eigenvalue weighted by molar-refractivity contribution is 7.99. The van der Waals surface area contributed by atoms with Gasteiger partial charge < -0.3 is 5.32 Å². The van der Waals surface area contributed by atoms with Crippen LogP contribution in [0.5, 0.6) is 0 Å². The SMILES string of the molecule is O=C1NC(SCc2c(F)cccc2Cl)NC2CCN(Cc3ccccc3)CC12. The van der Waals surface area contributed by atoms with E-state index in [9.17, 15) is 9.18 Å². The molecule has 2 aliphatic heterocycles. The second-order valence-electron chi connectivity index (χ2n) is 7.29. The molecule has 2 heterocycles. The maximum absolute atomic E-state index is 14.0. The lowest BCUT2D eigenvalue weighted by Gasteiger charge is -2.43. The second kappa shape index (κ2) is 8.82. The summed E-state index contributed by atoms with van der Waals surface area (Å²) in [7, 11) is 0. The first-order chi connectivity index (χ1) is 13.6. The number of fused-ring (bicyclic) bond motifs is 1. The van der Waals surface area contributed by atoms with E-state index in [1.54, 1.807) is 12.1 Å². The molecule has 0 saturated carbocycles. The summed E-state index contributed by atoms with van der Waals surface area (Å²) in [5, 5.41) is 6.97. The van der Waals surface area contributed by atoms with E-state index in [0.717, 1.165) is 26.1 Å². The molecule has 2 aliphatic rings. The molecule has 2 fully saturated rings. The third-order valence-electron chi connectivity index (χ3n) is 5.38. The highest BCUT2D eigenvalue weighted by Crippen LogP contribution is 2.29. The molecule has 28 heavy (non-hydrogen) atoms. The van der Waals surface area contributed by atoms with E-state index >= 15 is 0 Å². The molecule has 3 unspecified atom stereocenters. The average molecular weight is 420 g/mol. The molecule has 4 rings (SSSR count). The molecule has 2 N–H and O–H groups in total. The molecule has 0 aromatic heterocycles. The highest BCUT2D eigenvalue weighted by Gasteiger charge is 2.39. The Morgan fingerprint density at radius 1 is 1.18 bits per heavy atom. The van der Waals surface area contributed by atoms with Crippen LogP contribution in [-0.4, -0.2) is 35.4 Å². The highest BCUT2D eigenvalue weighted by atomic mass is 35.5. The van der Waals surface area contributed by atoms with Gasteiger partial charge in [-0.25, -0.2) is 4.39 Å². The Balaban J connectivity index is 1.33. The fourth-order valence-electron chi connectivity index (χ4n) is 3.87. The van der Waals surface area contributed by atoms with E-state index in [1.807, 2.05) is 18.2 Å². The van der Waals surface area contributed by atoms with Gasteiger partial charge in [0, 0.05) is 42.0 Å². The Kier molecular flexibility index (Phi) is 6.21. The van der Waals surface area contributed by atoms with Crippen LogP contribution in [0.3, 0.4) is 0 Å². The minimum Gasteiger partial charge on any atom is -0.331 e. The summed E-state index contributed by atoms with van der Waals surface area (Å²) in [5.74, 6) is 0.0975. The van der Waals surface area contributed by atoms with Gasteiger partial charge in [-0.15, -0.1) is 11.8 Å². The quantitative estimate of drug-likeness (QED) is 0.777.